The van der Waals surface area contributed by atoms with E-state index in [0.29, 0.717) is 44.5 Å². The number of alkyl halides is 2. The molecule has 3 unspecified atom stereocenters. The van der Waals surface area contributed by atoms with Crippen molar-refractivity contribution in [1.29, 1.82) is 0 Å². The summed E-state index contributed by atoms with van der Waals surface area (Å²) < 4.78 is 45.7. The molecule has 0 radical (unpaired) electrons. The zero-order valence-corrected chi connectivity index (χ0v) is 26.8. The van der Waals surface area contributed by atoms with E-state index in [1.54, 1.807) is 9.80 Å². The summed E-state index contributed by atoms with van der Waals surface area (Å²) in [6.07, 6.45) is 0.894. The number of benzene rings is 3. The third kappa shape index (κ3) is 6.85. The van der Waals surface area contributed by atoms with E-state index in [2.05, 4.69) is 5.32 Å². The molecular formula is C33H38F2N3O7P. The van der Waals surface area contributed by atoms with Crippen LogP contribution < -0.4 is 5.32 Å². The number of likely N-dealkylation sites (tertiary alicyclic amines) is 1. The number of amides is 3. The lowest BCUT2D eigenvalue weighted by Crippen LogP contribution is -2.58. The zero-order chi connectivity index (χ0) is 33.4. The molecule has 0 aliphatic carbocycles. The van der Waals surface area contributed by atoms with Crippen LogP contribution in [0.2, 0.25) is 0 Å². The van der Waals surface area contributed by atoms with Crippen LogP contribution in [0.3, 0.4) is 0 Å². The Morgan fingerprint density at radius 2 is 1.65 bits per heavy atom. The second kappa shape index (κ2) is 12.8. The van der Waals surface area contributed by atoms with Crippen molar-refractivity contribution in [3.8, 4) is 0 Å². The van der Waals surface area contributed by atoms with Crippen molar-refractivity contribution in [1.82, 2.24) is 15.1 Å². The Morgan fingerprint density at radius 1 is 0.978 bits per heavy atom. The largest absolute Gasteiger partial charge is 0.399 e. The maximum Gasteiger partial charge on any atom is 0.399 e. The summed E-state index contributed by atoms with van der Waals surface area (Å²) in [7, 11) is -5.74. The highest BCUT2D eigenvalue weighted by atomic mass is 31.2. The van der Waals surface area contributed by atoms with Crippen molar-refractivity contribution >= 4 is 36.1 Å². The highest BCUT2D eigenvalue weighted by molar-refractivity contribution is 7.52. The average molecular weight is 658 g/mol. The summed E-state index contributed by atoms with van der Waals surface area (Å²) >= 11 is 0. The first-order chi connectivity index (χ1) is 21.6. The molecule has 3 atom stereocenters. The summed E-state index contributed by atoms with van der Waals surface area (Å²) in [5, 5.41) is 3.48. The first-order valence-corrected chi connectivity index (χ1v) is 16.7. The number of fused-ring (bicyclic) bond motifs is 1. The Morgan fingerprint density at radius 3 is 2.33 bits per heavy atom. The first kappa shape index (κ1) is 33.7. The molecular weight excluding hydrogens is 619 g/mol. The number of rotatable bonds is 7. The van der Waals surface area contributed by atoms with Gasteiger partial charge in [-0.05, 0) is 52.8 Å². The molecule has 2 heterocycles. The van der Waals surface area contributed by atoms with Crippen LogP contribution in [0.15, 0.2) is 66.7 Å². The van der Waals surface area contributed by atoms with E-state index in [9.17, 15) is 27.7 Å². The molecule has 5 rings (SSSR count). The number of nitrogens with zero attached hydrogens (tertiary/aromatic N) is 2. The van der Waals surface area contributed by atoms with Gasteiger partial charge in [0.25, 0.3) is 5.91 Å². The second-order valence-electron chi connectivity index (χ2n) is 12.9. The minimum absolute atomic E-state index is 0.146. The third-order valence-corrected chi connectivity index (χ3v) is 9.56. The fourth-order valence-electron chi connectivity index (χ4n) is 5.99. The molecule has 0 bridgehead atoms. The Labute approximate surface area is 265 Å². The maximum atomic E-state index is 14.2. The summed E-state index contributed by atoms with van der Waals surface area (Å²) in [5.41, 5.74) is -4.79. The van der Waals surface area contributed by atoms with E-state index in [1.807, 2.05) is 51.1 Å². The van der Waals surface area contributed by atoms with Crippen molar-refractivity contribution in [2.45, 2.75) is 57.5 Å². The smallest absolute Gasteiger partial charge is 0.370 e. The summed E-state index contributed by atoms with van der Waals surface area (Å²) in [5.74, 6) is -1.08. The predicted molar refractivity (Wildman–Crippen MR) is 167 cm³/mol. The molecule has 3 aromatic rings. The van der Waals surface area contributed by atoms with Crippen molar-refractivity contribution in [3.63, 3.8) is 0 Å². The molecule has 246 valence electrons. The van der Waals surface area contributed by atoms with Crippen LogP contribution in [0, 0.1) is 5.41 Å². The van der Waals surface area contributed by atoms with Crippen LogP contribution in [-0.4, -0.2) is 75.6 Å². The standard InChI is InChI=1S/C33H38F2N3O7P/c1-32(2,3)28(36-29(39)24-12-11-23-19-25(14-13-22(23)18-24)33(34,35)46(42,43)44)31(41)38-15-7-10-26(38)30(40)37-16-17-45-27(20-37)21-8-5-4-6-9-21/h4-6,8-9,11-14,18-19,26-28H,7,10,15-17,20H2,1-3H3,(H,36,39)(H2,42,43,44). The van der Waals surface area contributed by atoms with E-state index in [-0.39, 0.29) is 28.9 Å². The molecule has 0 saturated carbocycles. The van der Waals surface area contributed by atoms with Gasteiger partial charge in [0.05, 0.1) is 13.2 Å². The SMILES string of the molecule is CC(C)(C)C(NC(=O)c1ccc2cc(C(F)(F)P(=O)(O)O)ccc2c1)C(=O)N1CCCC1C(=O)N1CCOC(c2ccccc2)C1. The Balaban J connectivity index is 1.32. The minimum Gasteiger partial charge on any atom is -0.370 e. The van der Waals surface area contributed by atoms with Gasteiger partial charge in [-0.3, -0.25) is 18.9 Å². The van der Waals surface area contributed by atoms with E-state index in [4.69, 9.17) is 14.5 Å². The maximum absolute atomic E-state index is 14.2. The molecule has 10 nitrogen and oxygen atoms in total. The van der Waals surface area contributed by atoms with Gasteiger partial charge in [-0.25, -0.2) is 0 Å². The van der Waals surface area contributed by atoms with Gasteiger partial charge in [-0.2, -0.15) is 8.78 Å². The molecule has 3 N–H and O–H groups in total. The van der Waals surface area contributed by atoms with Crippen LogP contribution in [-0.2, 0) is 24.6 Å². The molecule has 2 saturated heterocycles. The van der Waals surface area contributed by atoms with Crippen molar-refractivity contribution in [3.05, 3.63) is 83.4 Å². The molecule has 2 aliphatic rings. The van der Waals surface area contributed by atoms with Gasteiger partial charge >= 0.3 is 13.3 Å². The van der Waals surface area contributed by atoms with E-state index >= 15 is 0 Å². The molecule has 2 fully saturated rings. The second-order valence-corrected chi connectivity index (χ2v) is 14.5. The van der Waals surface area contributed by atoms with Gasteiger partial charge < -0.3 is 29.6 Å². The van der Waals surface area contributed by atoms with Gasteiger partial charge in [-0.1, -0.05) is 69.3 Å². The van der Waals surface area contributed by atoms with E-state index in [0.717, 1.165) is 17.7 Å². The summed E-state index contributed by atoms with van der Waals surface area (Å²) in [6.45, 7) is 7.00. The van der Waals surface area contributed by atoms with Gasteiger partial charge in [0.15, 0.2) is 0 Å². The van der Waals surface area contributed by atoms with E-state index < -0.39 is 42.2 Å². The van der Waals surface area contributed by atoms with Crippen LogP contribution in [0.5, 0.6) is 0 Å². The van der Waals surface area contributed by atoms with Crippen molar-refractivity contribution < 1.29 is 42.3 Å². The van der Waals surface area contributed by atoms with Crippen molar-refractivity contribution in [2.75, 3.05) is 26.2 Å². The van der Waals surface area contributed by atoms with E-state index in [1.165, 1.54) is 24.3 Å². The fraction of sp³-hybridized carbons (Fsp3) is 0.424. The lowest BCUT2D eigenvalue weighted by atomic mass is 9.85. The molecule has 3 amide bonds. The van der Waals surface area contributed by atoms with Crippen LogP contribution >= 0.6 is 7.60 Å². The fourth-order valence-corrected chi connectivity index (χ4v) is 6.46. The molecule has 46 heavy (non-hydrogen) atoms. The normalized spacial score (nSPS) is 20.1. The number of nitrogens with one attached hydrogen (secondary N) is 1. The van der Waals surface area contributed by atoms with Crippen molar-refractivity contribution in [2.24, 2.45) is 5.41 Å². The Hall–Kier alpha value is -3.70. The highest BCUT2D eigenvalue weighted by Crippen LogP contribution is 2.59. The number of halogens is 2. The Kier molecular flexibility index (Phi) is 9.39. The molecule has 0 spiro atoms. The zero-order valence-electron chi connectivity index (χ0n) is 25.9. The minimum atomic E-state index is -5.74. The number of carbonyl (C=O) groups excluding carboxylic acids is 3. The number of hydrogen-bond acceptors (Lipinski definition) is 5. The van der Waals surface area contributed by atoms with Crippen LogP contribution in [0.1, 0.15) is 61.2 Å². The number of ether oxygens (including phenoxy) is 1. The number of morpholine rings is 1. The average Bonchev–Trinajstić information content (AvgIpc) is 3.52. The van der Waals surface area contributed by atoms with Gasteiger partial charge in [-0.15, -0.1) is 0 Å². The van der Waals surface area contributed by atoms with Gasteiger partial charge in [0.2, 0.25) is 11.8 Å². The lowest BCUT2D eigenvalue weighted by molar-refractivity contribution is -0.150. The summed E-state index contributed by atoms with van der Waals surface area (Å²) in [4.78, 5) is 62.8. The first-order valence-electron chi connectivity index (χ1n) is 15.1. The third-order valence-electron chi connectivity index (χ3n) is 8.57. The molecule has 0 aromatic heterocycles. The lowest BCUT2D eigenvalue weighted by Gasteiger charge is -2.38. The Bertz CT molecular complexity index is 1670. The molecule has 2 aliphatic heterocycles. The quantitative estimate of drug-likeness (QED) is 0.311. The van der Waals surface area contributed by atoms with Gasteiger partial charge in [0.1, 0.15) is 18.2 Å². The molecule has 13 heteroatoms. The molecule has 3 aromatic carbocycles. The van der Waals surface area contributed by atoms with Crippen LogP contribution in [0.25, 0.3) is 10.8 Å². The predicted octanol–water partition coefficient (Wildman–Crippen LogP) is 4.80. The topological polar surface area (TPSA) is 136 Å². The van der Waals surface area contributed by atoms with Gasteiger partial charge in [0, 0.05) is 24.2 Å². The van der Waals surface area contributed by atoms with Crippen LogP contribution in [0.4, 0.5) is 8.78 Å². The number of hydrogen-bond donors (Lipinski definition) is 3. The number of carbonyl (C=O) groups is 3. The summed E-state index contributed by atoms with van der Waals surface area (Å²) in [6, 6.07) is 15.4. The highest BCUT2D eigenvalue weighted by Gasteiger charge is 2.50. The monoisotopic (exact) mass is 657 g/mol.